The number of ether oxygens (including phenoxy) is 2. The second-order valence-corrected chi connectivity index (χ2v) is 7.47. The normalized spacial score (nSPS) is 12.0. The molecular formula is C20H16ClNO3S. The Balaban J connectivity index is 1.66. The Hall–Kier alpha value is -2.50. The summed E-state index contributed by atoms with van der Waals surface area (Å²) in [7, 11) is 1.55. The number of carbonyl (C=O) groups excluding carboxylic acids is 1. The standard InChI is InChI=1S/C20H16ClNO3S/c1-11-7-15(17(24-2)9-14(11)21)22-20(23)18-8-12-10-25-16-6-4-3-5-13(16)19(12)26-18/h3-9H,10H2,1-2H3,(H,22,23). The number of amides is 1. The number of benzene rings is 2. The van der Waals surface area contributed by atoms with Crippen LogP contribution >= 0.6 is 22.9 Å². The van der Waals surface area contributed by atoms with Crippen molar-refractivity contribution in [2.24, 2.45) is 0 Å². The number of thiophene rings is 1. The van der Waals surface area contributed by atoms with Crippen molar-refractivity contribution in [3.8, 4) is 21.9 Å². The number of rotatable bonds is 3. The van der Waals surface area contributed by atoms with Crippen LogP contribution in [0.1, 0.15) is 20.8 Å². The molecule has 0 unspecified atom stereocenters. The fraction of sp³-hybridized carbons (Fsp3) is 0.150. The van der Waals surface area contributed by atoms with Crippen molar-refractivity contribution in [3.63, 3.8) is 0 Å². The fourth-order valence-corrected chi connectivity index (χ4v) is 4.17. The highest BCUT2D eigenvalue weighted by Crippen LogP contribution is 2.42. The Kier molecular flexibility index (Phi) is 4.34. The highest BCUT2D eigenvalue weighted by Gasteiger charge is 2.23. The van der Waals surface area contributed by atoms with Crippen LogP contribution in [0, 0.1) is 6.92 Å². The molecule has 0 spiro atoms. The van der Waals surface area contributed by atoms with Gasteiger partial charge in [-0.2, -0.15) is 0 Å². The molecule has 1 aromatic heterocycles. The SMILES string of the molecule is COc1cc(Cl)c(C)cc1NC(=O)c1cc2c(s1)-c1ccccc1OC2. The van der Waals surface area contributed by atoms with E-state index in [1.165, 1.54) is 11.3 Å². The van der Waals surface area contributed by atoms with Crippen LogP contribution < -0.4 is 14.8 Å². The van der Waals surface area contributed by atoms with E-state index in [1.807, 2.05) is 43.3 Å². The first-order chi connectivity index (χ1) is 12.6. The summed E-state index contributed by atoms with van der Waals surface area (Å²) in [5.74, 6) is 1.20. The van der Waals surface area contributed by atoms with E-state index in [2.05, 4.69) is 5.32 Å². The predicted octanol–water partition coefficient (Wildman–Crippen LogP) is 5.53. The smallest absolute Gasteiger partial charge is 0.265 e. The summed E-state index contributed by atoms with van der Waals surface area (Å²) in [6, 6.07) is 13.3. The molecule has 4 nitrogen and oxygen atoms in total. The van der Waals surface area contributed by atoms with E-state index in [9.17, 15) is 4.79 Å². The van der Waals surface area contributed by atoms with Gasteiger partial charge in [-0.15, -0.1) is 11.3 Å². The number of fused-ring (bicyclic) bond motifs is 3. The first-order valence-corrected chi connectivity index (χ1v) is 9.26. The highest BCUT2D eigenvalue weighted by molar-refractivity contribution is 7.17. The summed E-state index contributed by atoms with van der Waals surface area (Å²) in [5, 5.41) is 3.52. The second-order valence-electron chi connectivity index (χ2n) is 6.01. The van der Waals surface area contributed by atoms with Gasteiger partial charge >= 0.3 is 0 Å². The van der Waals surface area contributed by atoms with E-state index in [-0.39, 0.29) is 5.91 Å². The molecule has 3 aromatic rings. The molecule has 0 atom stereocenters. The molecule has 0 bridgehead atoms. The van der Waals surface area contributed by atoms with Gasteiger partial charge in [-0.25, -0.2) is 0 Å². The van der Waals surface area contributed by atoms with E-state index < -0.39 is 0 Å². The Morgan fingerprint density at radius 3 is 2.88 bits per heavy atom. The van der Waals surface area contributed by atoms with Crippen LogP contribution in [0.25, 0.3) is 10.4 Å². The number of methoxy groups -OCH3 is 1. The fourth-order valence-electron chi connectivity index (χ4n) is 2.93. The van der Waals surface area contributed by atoms with Gasteiger partial charge in [-0.1, -0.05) is 23.7 Å². The summed E-state index contributed by atoms with van der Waals surface area (Å²) in [4.78, 5) is 14.5. The predicted molar refractivity (Wildman–Crippen MR) is 105 cm³/mol. The van der Waals surface area contributed by atoms with E-state index in [1.54, 1.807) is 13.2 Å². The van der Waals surface area contributed by atoms with Crippen molar-refractivity contribution in [3.05, 3.63) is 63.5 Å². The number of carbonyl (C=O) groups is 1. The Morgan fingerprint density at radius 2 is 2.08 bits per heavy atom. The molecule has 132 valence electrons. The zero-order valence-electron chi connectivity index (χ0n) is 14.3. The van der Waals surface area contributed by atoms with Gasteiger partial charge in [0.1, 0.15) is 18.1 Å². The maximum Gasteiger partial charge on any atom is 0.265 e. The third-order valence-electron chi connectivity index (χ3n) is 4.28. The molecule has 4 rings (SSSR count). The molecule has 1 N–H and O–H groups in total. The first kappa shape index (κ1) is 16.9. The molecule has 2 aromatic carbocycles. The van der Waals surface area contributed by atoms with Crippen LogP contribution in [0.15, 0.2) is 42.5 Å². The van der Waals surface area contributed by atoms with Crippen LogP contribution in [0.2, 0.25) is 5.02 Å². The molecule has 0 saturated heterocycles. The van der Waals surface area contributed by atoms with Crippen LogP contribution in [-0.2, 0) is 6.61 Å². The van der Waals surface area contributed by atoms with E-state index in [0.29, 0.717) is 27.9 Å². The molecular weight excluding hydrogens is 370 g/mol. The number of para-hydroxylation sites is 1. The quantitative estimate of drug-likeness (QED) is 0.644. The lowest BCUT2D eigenvalue weighted by Crippen LogP contribution is -2.11. The third kappa shape index (κ3) is 2.93. The van der Waals surface area contributed by atoms with Gasteiger partial charge in [0.05, 0.1) is 17.7 Å². The van der Waals surface area contributed by atoms with Crippen LogP contribution in [-0.4, -0.2) is 13.0 Å². The molecule has 0 saturated carbocycles. The van der Waals surface area contributed by atoms with Crippen molar-refractivity contribution in [2.75, 3.05) is 12.4 Å². The summed E-state index contributed by atoms with van der Waals surface area (Å²) >= 11 is 7.60. The van der Waals surface area contributed by atoms with Gasteiger partial charge in [0, 0.05) is 27.1 Å². The molecule has 1 aliphatic heterocycles. The summed E-state index contributed by atoms with van der Waals surface area (Å²) < 4.78 is 11.1. The Labute approximate surface area is 160 Å². The van der Waals surface area contributed by atoms with Gasteiger partial charge in [0.15, 0.2) is 0 Å². The lowest BCUT2D eigenvalue weighted by Gasteiger charge is -2.16. The molecule has 2 heterocycles. The van der Waals surface area contributed by atoms with Crippen molar-refractivity contribution in [2.45, 2.75) is 13.5 Å². The summed E-state index contributed by atoms with van der Waals surface area (Å²) in [6.07, 6.45) is 0. The average molecular weight is 386 g/mol. The van der Waals surface area contributed by atoms with Gasteiger partial charge in [-0.05, 0) is 36.8 Å². The number of nitrogens with one attached hydrogen (secondary N) is 1. The topological polar surface area (TPSA) is 47.6 Å². The molecule has 1 aliphatic rings. The van der Waals surface area contributed by atoms with Crippen molar-refractivity contribution in [1.29, 1.82) is 0 Å². The van der Waals surface area contributed by atoms with Crippen molar-refractivity contribution in [1.82, 2.24) is 0 Å². The molecule has 26 heavy (non-hydrogen) atoms. The Bertz CT molecular complexity index is 1010. The number of hydrogen-bond donors (Lipinski definition) is 1. The highest BCUT2D eigenvalue weighted by atomic mass is 35.5. The lowest BCUT2D eigenvalue weighted by atomic mass is 10.1. The minimum atomic E-state index is -0.179. The third-order valence-corrected chi connectivity index (χ3v) is 5.89. The molecule has 0 radical (unpaired) electrons. The maximum absolute atomic E-state index is 12.8. The second kappa shape index (κ2) is 6.67. The monoisotopic (exact) mass is 385 g/mol. The number of anilines is 1. The van der Waals surface area contributed by atoms with E-state index >= 15 is 0 Å². The number of halogens is 1. The number of hydrogen-bond acceptors (Lipinski definition) is 4. The van der Waals surface area contributed by atoms with Crippen LogP contribution in [0.3, 0.4) is 0 Å². The largest absolute Gasteiger partial charge is 0.495 e. The molecule has 6 heteroatoms. The van der Waals surface area contributed by atoms with E-state index in [4.69, 9.17) is 21.1 Å². The molecule has 0 aliphatic carbocycles. The zero-order valence-corrected chi connectivity index (χ0v) is 15.8. The van der Waals surface area contributed by atoms with Crippen molar-refractivity contribution < 1.29 is 14.3 Å². The van der Waals surface area contributed by atoms with Gasteiger partial charge in [0.2, 0.25) is 0 Å². The zero-order chi connectivity index (χ0) is 18.3. The van der Waals surface area contributed by atoms with Gasteiger partial charge < -0.3 is 14.8 Å². The summed E-state index contributed by atoms with van der Waals surface area (Å²) in [5.41, 5.74) is 3.52. The Morgan fingerprint density at radius 1 is 1.27 bits per heavy atom. The van der Waals surface area contributed by atoms with Crippen LogP contribution in [0.4, 0.5) is 5.69 Å². The first-order valence-electron chi connectivity index (χ1n) is 8.07. The lowest BCUT2D eigenvalue weighted by molar-refractivity contribution is 0.103. The number of aryl methyl sites for hydroxylation is 1. The van der Waals surface area contributed by atoms with Gasteiger partial charge in [-0.3, -0.25) is 4.79 Å². The molecule has 0 fully saturated rings. The summed E-state index contributed by atoms with van der Waals surface area (Å²) in [6.45, 7) is 2.36. The minimum Gasteiger partial charge on any atom is -0.495 e. The van der Waals surface area contributed by atoms with E-state index in [0.717, 1.165) is 27.3 Å². The van der Waals surface area contributed by atoms with Crippen molar-refractivity contribution >= 4 is 34.5 Å². The average Bonchev–Trinajstić information content (AvgIpc) is 3.09. The van der Waals surface area contributed by atoms with Gasteiger partial charge in [0.25, 0.3) is 5.91 Å². The van der Waals surface area contributed by atoms with Crippen LogP contribution in [0.5, 0.6) is 11.5 Å². The maximum atomic E-state index is 12.8. The minimum absolute atomic E-state index is 0.179. The molecule has 1 amide bonds.